The summed E-state index contributed by atoms with van der Waals surface area (Å²) in [6, 6.07) is 12.1. The van der Waals surface area contributed by atoms with E-state index < -0.39 is 0 Å². The van der Waals surface area contributed by atoms with Crippen LogP contribution < -0.4 is 4.74 Å². The Bertz CT molecular complexity index is 910. The number of carbonyl (C=O) groups excluding carboxylic acids is 1. The number of amidine groups is 1. The first-order valence-electron chi connectivity index (χ1n) is 8.53. The first-order chi connectivity index (χ1) is 13.0. The minimum Gasteiger partial charge on any atom is -0.507 e. The molecular weight excluding hydrogens is 384 g/mol. The molecular formula is C20H19ClN2O3S. The number of rotatable bonds is 5. The van der Waals surface area contributed by atoms with Gasteiger partial charge in [0.25, 0.3) is 5.91 Å². The molecule has 0 spiro atoms. The first-order valence-corrected chi connectivity index (χ1v) is 9.72. The van der Waals surface area contributed by atoms with Crippen LogP contribution in [0.15, 0.2) is 52.4 Å². The van der Waals surface area contributed by atoms with E-state index in [1.165, 1.54) is 17.8 Å². The third-order valence-corrected chi connectivity index (χ3v) is 5.09. The van der Waals surface area contributed by atoms with E-state index in [2.05, 4.69) is 4.99 Å². The summed E-state index contributed by atoms with van der Waals surface area (Å²) >= 11 is 7.26. The smallest absolute Gasteiger partial charge is 0.266 e. The fourth-order valence-electron chi connectivity index (χ4n) is 2.55. The number of halogens is 1. The number of aromatic hydroxyl groups is 1. The van der Waals surface area contributed by atoms with E-state index >= 15 is 0 Å². The van der Waals surface area contributed by atoms with Gasteiger partial charge in [0.2, 0.25) is 0 Å². The van der Waals surface area contributed by atoms with E-state index in [0.29, 0.717) is 33.8 Å². The van der Waals surface area contributed by atoms with Crippen LogP contribution >= 0.6 is 23.4 Å². The largest absolute Gasteiger partial charge is 0.507 e. The van der Waals surface area contributed by atoms with Gasteiger partial charge in [-0.05, 0) is 74.1 Å². The second kappa shape index (κ2) is 8.50. The molecule has 1 aliphatic rings. The number of thioether (sulfide) groups is 1. The predicted octanol–water partition coefficient (Wildman–Crippen LogP) is 5.07. The van der Waals surface area contributed by atoms with Crippen LogP contribution in [0.1, 0.15) is 19.4 Å². The normalized spacial score (nSPS) is 17.1. The van der Waals surface area contributed by atoms with Crippen LogP contribution in [0.25, 0.3) is 6.08 Å². The van der Waals surface area contributed by atoms with Gasteiger partial charge >= 0.3 is 0 Å². The predicted molar refractivity (Wildman–Crippen MR) is 111 cm³/mol. The second-order valence-electron chi connectivity index (χ2n) is 5.68. The summed E-state index contributed by atoms with van der Waals surface area (Å²) in [4.78, 5) is 19.4. The standard InChI is InChI=1S/C20H19ClN2O3S/c1-3-23-19(25)18(12-13-11-14(21)5-10-17(13)24)27-20(23)22-15-6-8-16(9-7-15)26-4-2/h5-12,24H,3-4H2,1-2H3. The molecule has 3 rings (SSSR count). The van der Waals surface area contributed by atoms with E-state index in [0.717, 1.165) is 11.4 Å². The summed E-state index contributed by atoms with van der Waals surface area (Å²) in [5, 5.41) is 11.1. The van der Waals surface area contributed by atoms with E-state index in [1.54, 1.807) is 23.1 Å². The average molecular weight is 403 g/mol. The lowest BCUT2D eigenvalue weighted by atomic mass is 10.2. The van der Waals surface area contributed by atoms with Crippen molar-refractivity contribution >= 4 is 46.2 Å². The molecule has 2 aromatic rings. The molecule has 0 unspecified atom stereocenters. The van der Waals surface area contributed by atoms with Gasteiger partial charge in [-0.3, -0.25) is 9.69 Å². The Balaban J connectivity index is 1.90. The van der Waals surface area contributed by atoms with Crippen molar-refractivity contribution in [2.45, 2.75) is 13.8 Å². The molecule has 0 atom stereocenters. The van der Waals surface area contributed by atoms with Crippen LogP contribution in [0, 0.1) is 0 Å². The number of aliphatic imine (C=N–C) groups is 1. The molecule has 0 aromatic heterocycles. The maximum absolute atomic E-state index is 12.7. The molecule has 1 heterocycles. The minimum absolute atomic E-state index is 0.0697. The number of phenolic OH excluding ortho intramolecular Hbond substituents is 1. The molecule has 0 radical (unpaired) electrons. The van der Waals surface area contributed by atoms with Crippen molar-refractivity contribution in [2.24, 2.45) is 4.99 Å². The fourth-order valence-corrected chi connectivity index (χ4v) is 3.78. The van der Waals surface area contributed by atoms with Gasteiger partial charge in [0.1, 0.15) is 11.5 Å². The molecule has 1 fully saturated rings. The molecule has 1 aliphatic heterocycles. The van der Waals surface area contributed by atoms with Crippen LogP contribution in [-0.2, 0) is 4.79 Å². The van der Waals surface area contributed by atoms with Crippen molar-refractivity contribution in [2.75, 3.05) is 13.2 Å². The molecule has 0 aliphatic carbocycles. The van der Waals surface area contributed by atoms with Crippen molar-refractivity contribution in [3.05, 3.63) is 58.0 Å². The average Bonchev–Trinajstić information content (AvgIpc) is 2.94. The Labute approximate surface area is 167 Å². The number of nitrogens with zero attached hydrogens (tertiary/aromatic N) is 2. The Morgan fingerprint density at radius 2 is 1.96 bits per heavy atom. The SMILES string of the molecule is CCOc1ccc(N=C2SC(=Cc3cc(Cl)ccc3O)C(=O)N2CC)cc1. The van der Waals surface area contributed by atoms with Crippen molar-refractivity contribution in [3.63, 3.8) is 0 Å². The molecule has 1 saturated heterocycles. The summed E-state index contributed by atoms with van der Waals surface area (Å²) in [6.45, 7) is 4.93. The number of hydrogen-bond acceptors (Lipinski definition) is 5. The van der Waals surface area contributed by atoms with Crippen LogP contribution in [0.5, 0.6) is 11.5 Å². The summed E-state index contributed by atoms with van der Waals surface area (Å²) < 4.78 is 5.43. The van der Waals surface area contributed by atoms with Crippen molar-refractivity contribution in [3.8, 4) is 11.5 Å². The number of amides is 1. The summed E-state index contributed by atoms with van der Waals surface area (Å²) in [7, 11) is 0. The zero-order chi connectivity index (χ0) is 19.4. The lowest BCUT2D eigenvalue weighted by molar-refractivity contribution is -0.122. The maximum atomic E-state index is 12.7. The highest BCUT2D eigenvalue weighted by Crippen LogP contribution is 2.36. The molecule has 7 heteroatoms. The zero-order valence-corrected chi connectivity index (χ0v) is 16.5. The van der Waals surface area contributed by atoms with Gasteiger partial charge in [-0.25, -0.2) is 4.99 Å². The summed E-state index contributed by atoms with van der Waals surface area (Å²) in [6.07, 6.45) is 1.64. The lowest BCUT2D eigenvalue weighted by Crippen LogP contribution is -2.28. The number of likely N-dealkylation sites (N-methyl/N-ethyl adjacent to an activating group) is 1. The van der Waals surface area contributed by atoms with Crippen molar-refractivity contribution < 1.29 is 14.6 Å². The highest BCUT2D eigenvalue weighted by molar-refractivity contribution is 8.18. The van der Waals surface area contributed by atoms with Gasteiger partial charge in [0, 0.05) is 17.1 Å². The van der Waals surface area contributed by atoms with Crippen LogP contribution in [0.3, 0.4) is 0 Å². The van der Waals surface area contributed by atoms with Gasteiger partial charge in [-0.1, -0.05) is 11.6 Å². The van der Waals surface area contributed by atoms with E-state index in [1.807, 2.05) is 38.1 Å². The fraction of sp³-hybridized carbons (Fsp3) is 0.200. The Morgan fingerprint density at radius 3 is 2.63 bits per heavy atom. The maximum Gasteiger partial charge on any atom is 0.266 e. The lowest BCUT2D eigenvalue weighted by Gasteiger charge is -2.12. The number of carbonyl (C=O) groups is 1. The molecule has 140 valence electrons. The minimum atomic E-state index is -0.147. The van der Waals surface area contributed by atoms with E-state index in [4.69, 9.17) is 16.3 Å². The van der Waals surface area contributed by atoms with Crippen LogP contribution in [0.2, 0.25) is 5.02 Å². The number of hydrogen-bond donors (Lipinski definition) is 1. The van der Waals surface area contributed by atoms with Gasteiger partial charge in [0.05, 0.1) is 17.2 Å². The van der Waals surface area contributed by atoms with Gasteiger partial charge in [-0.15, -0.1) is 0 Å². The molecule has 5 nitrogen and oxygen atoms in total. The number of benzene rings is 2. The highest BCUT2D eigenvalue weighted by Gasteiger charge is 2.32. The summed E-state index contributed by atoms with van der Waals surface area (Å²) in [5.74, 6) is 0.702. The Morgan fingerprint density at radius 1 is 1.22 bits per heavy atom. The summed E-state index contributed by atoms with van der Waals surface area (Å²) in [5.41, 5.74) is 1.23. The van der Waals surface area contributed by atoms with Crippen LogP contribution in [0.4, 0.5) is 5.69 Å². The van der Waals surface area contributed by atoms with Crippen LogP contribution in [-0.4, -0.2) is 34.2 Å². The molecule has 1 amide bonds. The quantitative estimate of drug-likeness (QED) is 0.709. The molecule has 27 heavy (non-hydrogen) atoms. The Hall–Kier alpha value is -2.44. The third-order valence-electron chi connectivity index (χ3n) is 3.85. The van der Waals surface area contributed by atoms with Crippen molar-refractivity contribution in [1.82, 2.24) is 4.90 Å². The molecule has 1 N–H and O–H groups in total. The monoisotopic (exact) mass is 402 g/mol. The van der Waals surface area contributed by atoms with Gasteiger partial charge < -0.3 is 9.84 Å². The molecule has 2 aromatic carbocycles. The van der Waals surface area contributed by atoms with Gasteiger partial charge in [0.15, 0.2) is 5.17 Å². The van der Waals surface area contributed by atoms with Gasteiger partial charge in [-0.2, -0.15) is 0 Å². The molecule has 0 saturated carbocycles. The molecule has 0 bridgehead atoms. The number of phenols is 1. The van der Waals surface area contributed by atoms with E-state index in [9.17, 15) is 9.90 Å². The third kappa shape index (κ3) is 4.46. The van der Waals surface area contributed by atoms with Crippen molar-refractivity contribution in [1.29, 1.82) is 0 Å². The Kier molecular flexibility index (Phi) is 6.08. The van der Waals surface area contributed by atoms with E-state index in [-0.39, 0.29) is 11.7 Å². The highest BCUT2D eigenvalue weighted by atomic mass is 35.5. The number of ether oxygens (including phenoxy) is 1. The topological polar surface area (TPSA) is 62.1 Å². The first kappa shape index (κ1) is 19.3. The zero-order valence-electron chi connectivity index (χ0n) is 15.0. The second-order valence-corrected chi connectivity index (χ2v) is 7.13.